The molecule has 0 aliphatic heterocycles. The van der Waals surface area contributed by atoms with Crippen molar-refractivity contribution in [2.75, 3.05) is 0 Å². The highest BCUT2D eigenvalue weighted by Crippen LogP contribution is 2.50. The standard InChI is InChI=1S/C12H10F14/c13-7(9(15,16)17,10(18,19)20)5-3-1-2-4-6-8(14,11(21,22)23)12(24,25)26/h1,3H,2,4-6H2. The minimum Gasteiger partial charge on any atom is -0.224 e. The van der Waals surface area contributed by atoms with Crippen LogP contribution in [0.15, 0.2) is 12.2 Å². The van der Waals surface area contributed by atoms with Crippen LogP contribution in [0, 0.1) is 0 Å². The van der Waals surface area contributed by atoms with Gasteiger partial charge in [-0.3, -0.25) is 0 Å². The van der Waals surface area contributed by atoms with Gasteiger partial charge in [0.2, 0.25) is 0 Å². The molecule has 0 rings (SSSR count). The summed E-state index contributed by atoms with van der Waals surface area (Å²) >= 11 is 0. The molecule has 0 unspecified atom stereocenters. The molecule has 26 heavy (non-hydrogen) atoms. The van der Waals surface area contributed by atoms with Crippen LogP contribution >= 0.6 is 0 Å². The molecular formula is C12H10F14. The highest BCUT2D eigenvalue weighted by molar-refractivity contribution is 5.01. The fraction of sp³-hybridized carbons (Fsp3) is 0.833. The maximum Gasteiger partial charge on any atom is 0.431 e. The van der Waals surface area contributed by atoms with Crippen LogP contribution in [-0.2, 0) is 0 Å². The zero-order valence-corrected chi connectivity index (χ0v) is 12.3. The van der Waals surface area contributed by atoms with Crippen molar-refractivity contribution >= 4 is 0 Å². The lowest BCUT2D eigenvalue weighted by molar-refractivity contribution is -0.343. The number of alkyl halides is 14. The second-order valence-electron chi connectivity index (χ2n) is 5.16. The third kappa shape index (κ3) is 5.15. The van der Waals surface area contributed by atoms with Gasteiger partial charge in [-0.05, 0) is 19.3 Å². The Bertz CT molecular complexity index is 446. The molecule has 0 fully saturated rings. The van der Waals surface area contributed by atoms with Crippen molar-refractivity contribution in [1.29, 1.82) is 0 Å². The van der Waals surface area contributed by atoms with Crippen LogP contribution in [0.3, 0.4) is 0 Å². The van der Waals surface area contributed by atoms with Gasteiger partial charge in [-0.1, -0.05) is 12.2 Å². The number of rotatable bonds is 6. The smallest absolute Gasteiger partial charge is 0.224 e. The van der Waals surface area contributed by atoms with Gasteiger partial charge < -0.3 is 0 Å². The fourth-order valence-corrected chi connectivity index (χ4v) is 1.66. The zero-order valence-electron chi connectivity index (χ0n) is 12.3. The molecule has 0 aromatic heterocycles. The minimum atomic E-state index is -6.35. The van der Waals surface area contributed by atoms with Crippen molar-refractivity contribution in [2.24, 2.45) is 0 Å². The Morgan fingerprint density at radius 2 is 0.808 bits per heavy atom. The van der Waals surface area contributed by atoms with E-state index in [-0.39, 0.29) is 6.08 Å². The fourth-order valence-electron chi connectivity index (χ4n) is 1.66. The van der Waals surface area contributed by atoms with Crippen molar-refractivity contribution in [3.05, 3.63) is 12.2 Å². The van der Waals surface area contributed by atoms with Gasteiger partial charge >= 0.3 is 30.4 Å². The highest BCUT2D eigenvalue weighted by atomic mass is 19.4. The lowest BCUT2D eigenvalue weighted by Gasteiger charge is -2.29. The van der Waals surface area contributed by atoms with Crippen LogP contribution in [-0.4, -0.2) is 36.0 Å². The summed E-state index contributed by atoms with van der Waals surface area (Å²) in [6.45, 7) is 0. The molecule has 0 saturated heterocycles. The number of halogens is 14. The average Bonchev–Trinajstić information content (AvgIpc) is 2.36. The van der Waals surface area contributed by atoms with Gasteiger partial charge in [0.25, 0.3) is 5.67 Å². The van der Waals surface area contributed by atoms with Crippen LogP contribution in [0.4, 0.5) is 61.5 Å². The molecule has 0 amide bonds. The Balaban J connectivity index is 4.94. The molecule has 0 spiro atoms. The van der Waals surface area contributed by atoms with E-state index in [1.54, 1.807) is 0 Å². The number of hydrogen-bond donors (Lipinski definition) is 0. The maximum atomic E-state index is 13.2. The summed E-state index contributed by atoms with van der Waals surface area (Å²) in [5, 5.41) is 0. The predicted octanol–water partition coefficient (Wildman–Crippen LogP) is 6.77. The van der Waals surface area contributed by atoms with E-state index in [9.17, 15) is 61.5 Å². The second-order valence-corrected chi connectivity index (χ2v) is 5.16. The van der Waals surface area contributed by atoms with Crippen LogP contribution in [0.2, 0.25) is 0 Å². The topological polar surface area (TPSA) is 0 Å². The summed E-state index contributed by atoms with van der Waals surface area (Å²) in [6.07, 6.45) is -31.7. The maximum absolute atomic E-state index is 13.2. The molecule has 156 valence electrons. The first-order valence-corrected chi connectivity index (χ1v) is 6.50. The van der Waals surface area contributed by atoms with Gasteiger partial charge in [0.15, 0.2) is 0 Å². The average molecular weight is 420 g/mol. The first kappa shape index (κ1) is 24.8. The van der Waals surface area contributed by atoms with Gasteiger partial charge in [0.1, 0.15) is 0 Å². The first-order chi connectivity index (χ1) is 11.2. The van der Waals surface area contributed by atoms with Crippen LogP contribution in [0.1, 0.15) is 25.7 Å². The Hall–Kier alpha value is -1.24. The SMILES string of the molecule is FC(F)(F)C(F)(CC=CCCCC(F)(C(F)(F)F)C(F)(F)F)C(F)(F)F. The van der Waals surface area contributed by atoms with Gasteiger partial charge in [-0.2, -0.15) is 52.7 Å². The van der Waals surface area contributed by atoms with Crippen molar-refractivity contribution in [3.8, 4) is 0 Å². The van der Waals surface area contributed by atoms with E-state index in [1.807, 2.05) is 0 Å². The summed E-state index contributed by atoms with van der Waals surface area (Å²) in [6, 6.07) is 0. The summed E-state index contributed by atoms with van der Waals surface area (Å²) in [5.74, 6) is 0. The largest absolute Gasteiger partial charge is 0.431 e. The van der Waals surface area contributed by atoms with E-state index in [4.69, 9.17) is 0 Å². The van der Waals surface area contributed by atoms with Gasteiger partial charge in [-0.25, -0.2) is 8.78 Å². The van der Waals surface area contributed by atoms with E-state index < -0.39 is 61.7 Å². The monoisotopic (exact) mass is 420 g/mol. The van der Waals surface area contributed by atoms with E-state index in [1.165, 1.54) is 0 Å². The molecule has 0 aromatic rings. The van der Waals surface area contributed by atoms with Gasteiger partial charge in [0.05, 0.1) is 0 Å². The predicted molar refractivity (Wildman–Crippen MR) is 59.5 cm³/mol. The van der Waals surface area contributed by atoms with Crippen molar-refractivity contribution in [2.45, 2.75) is 61.7 Å². The molecule has 0 heterocycles. The molecule has 0 atom stereocenters. The van der Waals surface area contributed by atoms with Crippen LogP contribution < -0.4 is 0 Å². The quantitative estimate of drug-likeness (QED) is 0.253. The van der Waals surface area contributed by atoms with E-state index in [0.717, 1.165) is 0 Å². The van der Waals surface area contributed by atoms with Crippen molar-refractivity contribution in [1.82, 2.24) is 0 Å². The van der Waals surface area contributed by atoms with Crippen molar-refractivity contribution < 1.29 is 61.5 Å². The Kier molecular flexibility index (Phi) is 7.06. The Morgan fingerprint density at radius 1 is 0.462 bits per heavy atom. The first-order valence-electron chi connectivity index (χ1n) is 6.50. The molecule has 0 radical (unpaired) electrons. The Labute approximate surface area is 136 Å². The number of hydrogen-bond acceptors (Lipinski definition) is 0. The molecular weight excluding hydrogens is 410 g/mol. The molecule has 0 aromatic carbocycles. The summed E-state index contributed by atoms with van der Waals surface area (Å²) in [7, 11) is 0. The van der Waals surface area contributed by atoms with E-state index >= 15 is 0 Å². The normalized spacial score (nSPS) is 15.8. The highest BCUT2D eigenvalue weighted by Gasteiger charge is 2.72. The summed E-state index contributed by atoms with van der Waals surface area (Å²) in [5.41, 5.74) is -11.2. The molecule has 0 bridgehead atoms. The molecule has 0 aliphatic carbocycles. The third-order valence-corrected chi connectivity index (χ3v) is 3.26. The van der Waals surface area contributed by atoms with Gasteiger partial charge in [0, 0.05) is 6.42 Å². The lowest BCUT2D eigenvalue weighted by Crippen LogP contribution is -2.53. The lowest BCUT2D eigenvalue weighted by atomic mass is 9.96. The van der Waals surface area contributed by atoms with Crippen LogP contribution in [0.25, 0.3) is 0 Å². The molecule has 0 aliphatic rings. The van der Waals surface area contributed by atoms with E-state index in [0.29, 0.717) is 6.08 Å². The number of allylic oxidation sites excluding steroid dienone is 2. The van der Waals surface area contributed by atoms with Crippen molar-refractivity contribution in [3.63, 3.8) is 0 Å². The van der Waals surface area contributed by atoms with Gasteiger partial charge in [-0.15, -0.1) is 0 Å². The minimum absolute atomic E-state index is 0.0396. The molecule has 0 N–H and O–H groups in total. The van der Waals surface area contributed by atoms with E-state index in [2.05, 4.69) is 0 Å². The zero-order chi connectivity index (χ0) is 21.2. The molecule has 0 nitrogen and oxygen atoms in total. The summed E-state index contributed by atoms with van der Waals surface area (Å²) < 4.78 is 172. The summed E-state index contributed by atoms with van der Waals surface area (Å²) in [4.78, 5) is 0. The number of unbranched alkanes of at least 4 members (excludes halogenated alkanes) is 1. The molecule has 0 saturated carbocycles. The van der Waals surface area contributed by atoms with Crippen LogP contribution in [0.5, 0.6) is 0 Å². The second kappa shape index (κ2) is 7.41. The third-order valence-electron chi connectivity index (χ3n) is 3.26. The molecule has 14 heteroatoms. The Morgan fingerprint density at radius 3 is 1.12 bits per heavy atom.